The van der Waals surface area contributed by atoms with Crippen molar-refractivity contribution >= 4 is 22.7 Å². The molecule has 1 N–H and O–H groups in total. The SMILES string of the molecule is Cc1ccsc1-c1cnc(CNCCc2ccccc2F)s1. The van der Waals surface area contributed by atoms with Crippen LogP contribution in [0.4, 0.5) is 4.39 Å². The largest absolute Gasteiger partial charge is 0.310 e. The number of aryl methyl sites for hydroxylation is 1. The lowest BCUT2D eigenvalue weighted by molar-refractivity contribution is 0.597. The highest BCUT2D eigenvalue weighted by Crippen LogP contribution is 2.33. The predicted molar refractivity (Wildman–Crippen MR) is 92.0 cm³/mol. The van der Waals surface area contributed by atoms with Gasteiger partial charge in [0.25, 0.3) is 0 Å². The maximum atomic E-state index is 13.5. The highest BCUT2D eigenvalue weighted by atomic mass is 32.1. The fourth-order valence-electron chi connectivity index (χ4n) is 2.24. The van der Waals surface area contributed by atoms with E-state index in [0.717, 1.165) is 23.7 Å². The molecule has 0 unspecified atom stereocenters. The van der Waals surface area contributed by atoms with Crippen molar-refractivity contribution in [3.05, 3.63) is 63.9 Å². The summed E-state index contributed by atoms with van der Waals surface area (Å²) in [4.78, 5) is 6.99. The van der Waals surface area contributed by atoms with Crippen LogP contribution in [-0.4, -0.2) is 11.5 Å². The lowest BCUT2D eigenvalue weighted by Gasteiger charge is -2.04. The first-order chi connectivity index (χ1) is 10.7. The molecule has 0 atom stereocenters. The van der Waals surface area contributed by atoms with Crippen molar-refractivity contribution in [3.8, 4) is 9.75 Å². The lowest BCUT2D eigenvalue weighted by atomic mass is 10.1. The van der Waals surface area contributed by atoms with Gasteiger partial charge >= 0.3 is 0 Å². The summed E-state index contributed by atoms with van der Waals surface area (Å²) in [6.07, 6.45) is 2.63. The van der Waals surface area contributed by atoms with Crippen LogP contribution in [0, 0.1) is 12.7 Å². The fraction of sp³-hybridized carbons (Fsp3) is 0.235. The van der Waals surface area contributed by atoms with Gasteiger partial charge in [-0.2, -0.15) is 0 Å². The van der Waals surface area contributed by atoms with Crippen molar-refractivity contribution in [3.63, 3.8) is 0 Å². The summed E-state index contributed by atoms with van der Waals surface area (Å²) in [5, 5.41) is 6.51. The number of hydrogen-bond acceptors (Lipinski definition) is 4. The van der Waals surface area contributed by atoms with Gasteiger partial charge in [0.2, 0.25) is 0 Å². The topological polar surface area (TPSA) is 24.9 Å². The number of aromatic nitrogens is 1. The lowest BCUT2D eigenvalue weighted by Crippen LogP contribution is -2.16. The fourth-order valence-corrected chi connectivity index (χ4v) is 4.23. The molecule has 0 fully saturated rings. The molecule has 0 aliphatic carbocycles. The molecule has 0 saturated heterocycles. The molecule has 2 heterocycles. The van der Waals surface area contributed by atoms with Crippen molar-refractivity contribution in [2.45, 2.75) is 19.9 Å². The van der Waals surface area contributed by atoms with Gasteiger partial charge in [-0.05, 0) is 48.5 Å². The normalized spacial score (nSPS) is 11.0. The molecule has 2 aromatic heterocycles. The molecular formula is C17H17FN2S2. The molecule has 1 aromatic carbocycles. The van der Waals surface area contributed by atoms with E-state index in [1.54, 1.807) is 28.7 Å². The van der Waals surface area contributed by atoms with Crippen LogP contribution in [0.5, 0.6) is 0 Å². The minimum absolute atomic E-state index is 0.131. The zero-order valence-electron chi connectivity index (χ0n) is 12.3. The van der Waals surface area contributed by atoms with E-state index < -0.39 is 0 Å². The van der Waals surface area contributed by atoms with Crippen LogP contribution in [0.1, 0.15) is 16.1 Å². The molecule has 0 spiro atoms. The standard InChI is InChI=1S/C17H17FN2S2/c1-12-7-9-21-17(12)15-10-20-16(22-15)11-19-8-6-13-4-2-3-5-14(13)18/h2-5,7,9-10,19H,6,8,11H2,1H3. The summed E-state index contributed by atoms with van der Waals surface area (Å²) >= 11 is 3.47. The van der Waals surface area contributed by atoms with Gasteiger partial charge < -0.3 is 5.32 Å². The van der Waals surface area contributed by atoms with Crippen LogP contribution in [0.2, 0.25) is 0 Å². The van der Waals surface area contributed by atoms with Crippen molar-refractivity contribution < 1.29 is 4.39 Å². The third-order valence-electron chi connectivity index (χ3n) is 3.44. The monoisotopic (exact) mass is 332 g/mol. The van der Waals surface area contributed by atoms with Gasteiger partial charge in [-0.1, -0.05) is 18.2 Å². The van der Waals surface area contributed by atoms with Crippen LogP contribution in [0.3, 0.4) is 0 Å². The zero-order chi connectivity index (χ0) is 15.4. The zero-order valence-corrected chi connectivity index (χ0v) is 13.9. The Kier molecular flexibility index (Phi) is 4.97. The number of thiophene rings is 1. The first kappa shape index (κ1) is 15.3. The second-order valence-electron chi connectivity index (χ2n) is 5.07. The molecule has 3 aromatic rings. The Bertz CT molecular complexity index is 748. The second kappa shape index (κ2) is 7.13. The van der Waals surface area contributed by atoms with E-state index in [4.69, 9.17) is 0 Å². The Morgan fingerprint density at radius 3 is 2.86 bits per heavy atom. The van der Waals surface area contributed by atoms with Gasteiger partial charge in [-0.15, -0.1) is 22.7 Å². The van der Waals surface area contributed by atoms with E-state index in [1.165, 1.54) is 21.4 Å². The quantitative estimate of drug-likeness (QED) is 0.665. The van der Waals surface area contributed by atoms with Gasteiger partial charge in [0.1, 0.15) is 10.8 Å². The summed E-state index contributed by atoms with van der Waals surface area (Å²) < 4.78 is 13.5. The van der Waals surface area contributed by atoms with Gasteiger partial charge in [0.15, 0.2) is 0 Å². The van der Waals surface area contributed by atoms with Crippen LogP contribution in [-0.2, 0) is 13.0 Å². The van der Waals surface area contributed by atoms with Crippen LogP contribution in [0.15, 0.2) is 41.9 Å². The molecule has 2 nitrogen and oxygen atoms in total. The summed E-state index contributed by atoms with van der Waals surface area (Å²) in [7, 11) is 0. The number of halogens is 1. The van der Waals surface area contributed by atoms with Crippen molar-refractivity contribution in [2.24, 2.45) is 0 Å². The van der Waals surface area contributed by atoms with E-state index in [-0.39, 0.29) is 5.82 Å². The van der Waals surface area contributed by atoms with E-state index in [9.17, 15) is 4.39 Å². The minimum Gasteiger partial charge on any atom is -0.310 e. The number of hydrogen-bond donors (Lipinski definition) is 1. The number of benzene rings is 1. The predicted octanol–water partition coefficient (Wildman–Crippen LogP) is 4.65. The van der Waals surface area contributed by atoms with Crippen LogP contribution >= 0.6 is 22.7 Å². The third-order valence-corrected chi connectivity index (χ3v) is 5.64. The Morgan fingerprint density at radius 1 is 1.23 bits per heavy atom. The Hall–Kier alpha value is -1.56. The van der Waals surface area contributed by atoms with Crippen molar-refractivity contribution in [1.29, 1.82) is 0 Å². The first-order valence-corrected chi connectivity index (χ1v) is 8.87. The van der Waals surface area contributed by atoms with E-state index in [1.807, 2.05) is 18.3 Å². The molecule has 5 heteroatoms. The average molecular weight is 332 g/mol. The van der Waals surface area contributed by atoms with Crippen LogP contribution in [0.25, 0.3) is 9.75 Å². The highest BCUT2D eigenvalue weighted by Gasteiger charge is 2.08. The van der Waals surface area contributed by atoms with Gasteiger partial charge in [-0.25, -0.2) is 9.37 Å². The third kappa shape index (κ3) is 3.61. The molecule has 0 saturated carbocycles. The molecule has 114 valence electrons. The smallest absolute Gasteiger partial charge is 0.126 e. The molecule has 3 rings (SSSR count). The maximum absolute atomic E-state index is 13.5. The van der Waals surface area contributed by atoms with Crippen molar-refractivity contribution in [2.75, 3.05) is 6.54 Å². The molecule has 22 heavy (non-hydrogen) atoms. The average Bonchev–Trinajstić information content (AvgIpc) is 3.14. The van der Waals surface area contributed by atoms with Gasteiger partial charge in [0.05, 0.1) is 4.88 Å². The second-order valence-corrected chi connectivity index (χ2v) is 7.10. The van der Waals surface area contributed by atoms with E-state index in [2.05, 4.69) is 28.7 Å². The molecule has 0 bridgehead atoms. The number of thiazole rings is 1. The highest BCUT2D eigenvalue weighted by molar-refractivity contribution is 7.21. The summed E-state index contributed by atoms with van der Waals surface area (Å²) in [5.74, 6) is -0.131. The molecule has 0 amide bonds. The maximum Gasteiger partial charge on any atom is 0.126 e. The number of rotatable bonds is 6. The molecular weight excluding hydrogens is 315 g/mol. The molecule has 0 aliphatic rings. The minimum atomic E-state index is -0.131. The summed E-state index contributed by atoms with van der Waals surface area (Å²) in [6, 6.07) is 9.06. The summed E-state index contributed by atoms with van der Waals surface area (Å²) in [5.41, 5.74) is 2.05. The number of nitrogens with zero attached hydrogens (tertiary/aromatic N) is 1. The van der Waals surface area contributed by atoms with Gasteiger partial charge in [0, 0.05) is 17.6 Å². The van der Waals surface area contributed by atoms with Crippen LogP contribution < -0.4 is 5.32 Å². The Labute approximate surface area is 137 Å². The van der Waals surface area contributed by atoms with Gasteiger partial charge in [-0.3, -0.25) is 0 Å². The first-order valence-electron chi connectivity index (χ1n) is 7.17. The molecule has 0 radical (unpaired) electrons. The number of nitrogens with one attached hydrogen (secondary N) is 1. The van der Waals surface area contributed by atoms with Crippen molar-refractivity contribution in [1.82, 2.24) is 10.3 Å². The summed E-state index contributed by atoms with van der Waals surface area (Å²) in [6.45, 7) is 3.59. The molecule has 0 aliphatic heterocycles. The van der Waals surface area contributed by atoms with E-state index >= 15 is 0 Å². The van der Waals surface area contributed by atoms with E-state index in [0.29, 0.717) is 6.42 Å². The Balaban J connectivity index is 1.52. The Morgan fingerprint density at radius 2 is 2.09 bits per heavy atom.